The Bertz CT molecular complexity index is 441. The summed E-state index contributed by atoms with van der Waals surface area (Å²) in [6.45, 7) is 6.68. The maximum atomic E-state index is 10.3. The zero-order valence-electron chi connectivity index (χ0n) is 13.9. The van der Waals surface area contributed by atoms with Crippen molar-refractivity contribution in [3.05, 3.63) is 35.4 Å². The van der Waals surface area contributed by atoms with Crippen LogP contribution in [0.2, 0.25) is 0 Å². The minimum absolute atomic E-state index is 0.620. The maximum absolute atomic E-state index is 10.3. The monoisotopic (exact) mass is 302 g/mol. The van der Waals surface area contributed by atoms with Crippen molar-refractivity contribution in [1.82, 2.24) is 10.2 Å². The Labute approximate surface area is 135 Å². The first-order chi connectivity index (χ1) is 10.8. The van der Waals surface area contributed by atoms with E-state index in [-0.39, 0.29) is 0 Å². The predicted molar refractivity (Wildman–Crippen MR) is 92.1 cm³/mol. The second-order valence-corrected chi connectivity index (χ2v) is 6.54. The van der Waals surface area contributed by atoms with E-state index in [1.165, 1.54) is 62.9 Å². The van der Waals surface area contributed by atoms with Crippen molar-refractivity contribution in [3.8, 4) is 0 Å². The minimum atomic E-state index is 0.620. The van der Waals surface area contributed by atoms with Gasteiger partial charge in [0.05, 0.1) is 0 Å². The lowest BCUT2D eigenvalue weighted by Gasteiger charge is -2.31. The van der Waals surface area contributed by atoms with Gasteiger partial charge < -0.3 is 10.2 Å². The van der Waals surface area contributed by atoms with Gasteiger partial charge in [0, 0.05) is 13.1 Å². The van der Waals surface area contributed by atoms with Gasteiger partial charge >= 0.3 is 0 Å². The predicted octanol–water partition coefficient (Wildman–Crippen LogP) is 3.48. The molecule has 0 radical (unpaired) electrons. The number of aryl methyl sites for hydroxylation is 1. The Morgan fingerprint density at radius 2 is 2.05 bits per heavy atom. The molecule has 1 aromatic carbocycles. The molecule has 0 bridgehead atoms. The zero-order chi connectivity index (χ0) is 15.6. The third-order valence-electron chi connectivity index (χ3n) is 4.65. The van der Waals surface area contributed by atoms with Gasteiger partial charge in [0.1, 0.15) is 0 Å². The summed E-state index contributed by atoms with van der Waals surface area (Å²) in [5.74, 6) is 0.620. The molecule has 1 fully saturated rings. The molecule has 22 heavy (non-hydrogen) atoms. The molecule has 0 aromatic heterocycles. The molecule has 0 spiro atoms. The lowest BCUT2D eigenvalue weighted by molar-refractivity contribution is -0.109. The molecular formula is C19H30N2O. The molecule has 1 aliphatic heterocycles. The molecule has 2 rings (SSSR count). The van der Waals surface area contributed by atoms with Crippen molar-refractivity contribution < 1.29 is 4.79 Å². The fourth-order valence-electron chi connectivity index (χ4n) is 3.42. The highest BCUT2D eigenvalue weighted by Crippen LogP contribution is 2.25. The number of amides is 1. The first-order valence-electron chi connectivity index (χ1n) is 8.75. The standard InChI is InChI=1S/C19H30N2O/c1-17-8-7-10-18(14-17)19(9-3-4-11-20-16-22)15-21-12-5-2-6-13-21/h7-8,10,14,16,19H,2-6,9,11-13,15H2,1H3,(H,20,22). The second kappa shape index (κ2) is 9.62. The Balaban J connectivity index is 1.91. The maximum Gasteiger partial charge on any atom is 0.207 e. The number of unbranched alkanes of at least 4 members (excludes halogenated alkanes) is 1. The molecular weight excluding hydrogens is 272 g/mol. The summed E-state index contributed by atoms with van der Waals surface area (Å²) < 4.78 is 0. The van der Waals surface area contributed by atoms with E-state index in [0.29, 0.717) is 5.92 Å². The smallest absolute Gasteiger partial charge is 0.207 e. The molecule has 1 saturated heterocycles. The van der Waals surface area contributed by atoms with Crippen LogP contribution in [-0.4, -0.2) is 37.5 Å². The van der Waals surface area contributed by atoms with Gasteiger partial charge in [0.15, 0.2) is 0 Å². The second-order valence-electron chi connectivity index (χ2n) is 6.54. The Morgan fingerprint density at radius 1 is 1.23 bits per heavy atom. The summed E-state index contributed by atoms with van der Waals surface area (Å²) in [4.78, 5) is 12.9. The number of nitrogens with one attached hydrogen (secondary N) is 1. The molecule has 0 saturated carbocycles. The van der Waals surface area contributed by atoms with E-state index in [0.717, 1.165) is 19.4 Å². The van der Waals surface area contributed by atoms with Gasteiger partial charge in [0.25, 0.3) is 0 Å². The van der Waals surface area contributed by atoms with E-state index < -0.39 is 0 Å². The number of carbonyl (C=O) groups is 1. The van der Waals surface area contributed by atoms with Crippen LogP contribution >= 0.6 is 0 Å². The summed E-state index contributed by atoms with van der Waals surface area (Å²) in [7, 11) is 0. The molecule has 1 heterocycles. The number of hydrogen-bond acceptors (Lipinski definition) is 2. The highest BCUT2D eigenvalue weighted by Gasteiger charge is 2.18. The number of benzene rings is 1. The average Bonchev–Trinajstić information content (AvgIpc) is 2.54. The Hall–Kier alpha value is -1.35. The van der Waals surface area contributed by atoms with E-state index in [2.05, 4.69) is 41.4 Å². The SMILES string of the molecule is Cc1cccc(C(CCCCNC=O)CN2CCCCC2)c1. The summed E-state index contributed by atoms with van der Waals surface area (Å²) in [5, 5.41) is 2.76. The summed E-state index contributed by atoms with van der Waals surface area (Å²) in [6.07, 6.45) is 8.34. The lowest BCUT2D eigenvalue weighted by Crippen LogP contribution is -2.33. The van der Waals surface area contributed by atoms with Gasteiger partial charge in [-0.15, -0.1) is 0 Å². The van der Waals surface area contributed by atoms with Crippen molar-refractivity contribution in [1.29, 1.82) is 0 Å². The number of carbonyl (C=O) groups excluding carboxylic acids is 1. The van der Waals surface area contributed by atoms with Crippen LogP contribution in [0.4, 0.5) is 0 Å². The first kappa shape index (κ1) is 17.0. The van der Waals surface area contributed by atoms with Crippen LogP contribution in [0.3, 0.4) is 0 Å². The van der Waals surface area contributed by atoms with Crippen LogP contribution in [0.25, 0.3) is 0 Å². The molecule has 1 aliphatic rings. The molecule has 1 unspecified atom stereocenters. The topological polar surface area (TPSA) is 32.3 Å². The quantitative estimate of drug-likeness (QED) is 0.559. The number of nitrogens with zero attached hydrogens (tertiary/aromatic N) is 1. The number of rotatable bonds is 9. The van der Waals surface area contributed by atoms with E-state index in [1.54, 1.807) is 0 Å². The summed E-state index contributed by atoms with van der Waals surface area (Å²) in [5.41, 5.74) is 2.83. The van der Waals surface area contributed by atoms with Crippen molar-refractivity contribution in [2.24, 2.45) is 0 Å². The highest BCUT2D eigenvalue weighted by molar-refractivity contribution is 5.45. The van der Waals surface area contributed by atoms with E-state index in [1.807, 2.05) is 0 Å². The molecule has 1 atom stereocenters. The highest BCUT2D eigenvalue weighted by atomic mass is 16.1. The molecule has 3 heteroatoms. The van der Waals surface area contributed by atoms with Crippen LogP contribution in [0.5, 0.6) is 0 Å². The fraction of sp³-hybridized carbons (Fsp3) is 0.632. The van der Waals surface area contributed by atoms with Gasteiger partial charge in [-0.05, 0) is 57.2 Å². The third kappa shape index (κ3) is 5.80. The van der Waals surface area contributed by atoms with Crippen LogP contribution in [0.1, 0.15) is 55.6 Å². The zero-order valence-corrected chi connectivity index (χ0v) is 13.9. The summed E-state index contributed by atoms with van der Waals surface area (Å²) in [6, 6.07) is 8.99. The van der Waals surface area contributed by atoms with Gasteiger partial charge in [-0.1, -0.05) is 42.7 Å². The van der Waals surface area contributed by atoms with Crippen molar-refractivity contribution in [3.63, 3.8) is 0 Å². The Kier molecular flexibility index (Phi) is 7.44. The van der Waals surface area contributed by atoms with E-state index in [9.17, 15) is 4.79 Å². The molecule has 122 valence electrons. The van der Waals surface area contributed by atoms with E-state index in [4.69, 9.17) is 0 Å². The Morgan fingerprint density at radius 3 is 2.77 bits per heavy atom. The molecule has 0 aliphatic carbocycles. The first-order valence-corrected chi connectivity index (χ1v) is 8.75. The molecule has 1 N–H and O–H groups in total. The largest absolute Gasteiger partial charge is 0.359 e. The number of hydrogen-bond donors (Lipinski definition) is 1. The van der Waals surface area contributed by atoms with Crippen LogP contribution in [-0.2, 0) is 4.79 Å². The van der Waals surface area contributed by atoms with Gasteiger partial charge in [-0.3, -0.25) is 4.79 Å². The molecule has 1 amide bonds. The van der Waals surface area contributed by atoms with Crippen LogP contribution < -0.4 is 5.32 Å². The van der Waals surface area contributed by atoms with Gasteiger partial charge in [0.2, 0.25) is 6.41 Å². The van der Waals surface area contributed by atoms with Crippen molar-refractivity contribution in [2.75, 3.05) is 26.2 Å². The molecule has 3 nitrogen and oxygen atoms in total. The third-order valence-corrected chi connectivity index (χ3v) is 4.65. The normalized spacial score (nSPS) is 17.1. The van der Waals surface area contributed by atoms with Crippen molar-refractivity contribution in [2.45, 2.75) is 51.4 Å². The van der Waals surface area contributed by atoms with Crippen LogP contribution in [0.15, 0.2) is 24.3 Å². The summed E-state index contributed by atoms with van der Waals surface area (Å²) >= 11 is 0. The van der Waals surface area contributed by atoms with Gasteiger partial charge in [-0.2, -0.15) is 0 Å². The minimum Gasteiger partial charge on any atom is -0.359 e. The number of likely N-dealkylation sites (tertiary alicyclic amines) is 1. The van der Waals surface area contributed by atoms with Crippen LogP contribution in [0, 0.1) is 6.92 Å². The average molecular weight is 302 g/mol. The number of piperidine rings is 1. The fourth-order valence-corrected chi connectivity index (χ4v) is 3.42. The molecule has 1 aromatic rings. The lowest BCUT2D eigenvalue weighted by atomic mass is 9.91. The van der Waals surface area contributed by atoms with Gasteiger partial charge in [-0.25, -0.2) is 0 Å². The van der Waals surface area contributed by atoms with Crippen molar-refractivity contribution >= 4 is 6.41 Å². The van der Waals surface area contributed by atoms with E-state index >= 15 is 0 Å².